The SMILES string of the molecule is CC(CSCCN=C=O)N=C=O. The van der Waals surface area contributed by atoms with Gasteiger partial charge in [0.15, 0.2) is 0 Å². The fourth-order valence-electron chi connectivity index (χ4n) is 0.537. The van der Waals surface area contributed by atoms with Crippen LogP contribution in [-0.2, 0) is 9.59 Å². The van der Waals surface area contributed by atoms with E-state index in [1.54, 1.807) is 11.8 Å². The molecule has 0 aliphatic carbocycles. The number of nitrogens with zero attached hydrogens (tertiary/aromatic N) is 2. The number of hydrogen-bond donors (Lipinski definition) is 0. The van der Waals surface area contributed by atoms with Crippen LogP contribution in [0.3, 0.4) is 0 Å². The van der Waals surface area contributed by atoms with E-state index in [4.69, 9.17) is 0 Å². The van der Waals surface area contributed by atoms with Gasteiger partial charge >= 0.3 is 0 Å². The van der Waals surface area contributed by atoms with Gasteiger partial charge in [-0.2, -0.15) is 11.8 Å². The molecule has 0 N–H and O–H groups in total. The quantitative estimate of drug-likeness (QED) is 0.350. The Morgan fingerprint density at radius 1 is 1.42 bits per heavy atom. The lowest BCUT2D eigenvalue weighted by Crippen LogP contribution is -2.02. The molecule has 0 aromatic carbocycles. The van der Waals surface area contributed by atoms with Crippen molar-refractivity contribution in [1.29, 1.82) is 0 Å². The van der Waals surface area contributed by atoms with Gasteiger partial charge in [0.05, 0.1) is 12.6 Å². The summed E-state index contributed by atoms with van der Waals surface area (Å²) in [5, 5.41) is 0. The van der Waals surface area contributed by atoms with Crippen molar-refractivity contribution in [3.63, 3.8) is 0 Å². The van der Waals surface area contributed by atoms with Gasteiger partial charge in [0, 0.05) is 11.5 Å². The van der Waals surface area contributed by atoms with E-state index < -0.39 is 0 Å². The summed E-state index contributed by atoms with van der Waals surface area (Å²) in [5.74, 6) is 1.51. The molecule has 0 aliphatic heterocycles. The second kappa shape index (κ2) is 8.21. The summed E-state index contributed by atoms with van der Waals surface area (Å²) < 4.78 is 0. The Bertz CT molecular complexity index is 207. The fraction of sp³-hybridized carbons (Fsp3) is 0.714. The number of rotatable bonds is 6. The first kappa shape index (κ1) is 11.1. The highest BCUT2D eigenvalue weighted by atomic mass is 32.2. The van der Waals surface area contributed by atoms with Crippen LogP contribution in [0, 0.1) is 0 Å². The van der Waals surface area contributed by atoms with Crippen LogP contribution in [0.1, 0.15) is 6.92 Å². The minimum absolute atomic E-state index is 0.00675. The van der Waals surface area contributed by atoms with E-state index in [1.807, 2.05) is 6.92 Å². The highest BCUT2D eigenvalue weighted by Gasteiger charge is 1.97. The largest absolute Gasteiger partial charge is 0.235 e. The van der Waals surface area contributed by atoms with Gasteiger partial charge in [-0.3, -0.25) is 0 Å². The third kappa shape index (κ3) is 7.22. The van der Waals surface area contributed by atoms with E-state index in [1.165, 1.54) is 12.2 Å². The molecular formula is C7H10N2O2S. The summed E-state index contributed by atoms with van der Waals surface area (Å²) in [6, 6.07) is -0.00675. The van der Waals surface area contributed by atoms with Crippen molar-refractivity contribution in [2.24, 2.45) is 9.98 Å². The van der Waals surface area contributed by atoms with Crippen LogP contribution in [0.5, 0.6) is 0 Å². The lowest BCUT2D eigenvalue weighted by molar-refractivity contribution is 0.560. The fourth-order valence-corrected chi connectivity index (χ4v) is 1.34. The Kier molecular flexibility index (Phi) is 7.60. The van der Waals surface area contributed by atoms with Gasteiger partial charge in [0.1, 0.15) is 0 Å². The molecule has 0 aliphatic rings. The van der Waals surface area contributed by atoms with Gasteiger partial charge in [-0.05, 0) is 6.92 Å². The number of carbonyl (C=O) groups excluding carboxylic acids is 2. The first-order valence-corrected chi connectivity index (χ1v) is 4.65. The Morgan fingerprint density at radius 3 is 2.75 bits per heavy atom. The molecule has 1 unspecified atom stereocenters. The average Bonchev–Trinajstić information content (AvgIpc) is 2.05. The lowest BCUT2D eigenvalue weighted by atomic mass is 10.4. The summed E-state index contributed by atoms with van der Waals surface area (Å²) in [5.41, 5.74) is 0. The monoisotopic (exact) mass is 186 g/mol. The van der Waals surface area contributed by atoms with Crippen LogP contribution in [-0.4, -0.2) is 36.3 Å². The molecule has 0 radical (unpaired) electrons. The summed E-state index contributed by atoms with van der Waals surface area (Å²) in [7, 11) is 0. The van der Waals surface area contributed by atoms with Crippen LogP contribution in [0.15, 0.2) is 9.98 Å². The first-order valence-electron chi connectivity index (χ1n) is 3.49. The lowest BCUT2D eigenvalue weighted by Gasteiger charge is -2.00. The van der Waals surface area contributed by atoms with Gasteiger partial charge in [0.25, 0.3) is 0 Å². The van der Waals surface area contributed by atoms with Crippen molar-refractivity contribution in [1.82, 2.24) is 0 Å². The van der Waals surface area contributed by atoms with E-state index in [9.17, 15) is 9.59 Å². The normalized spacial score (nSPS) is 11.1. The van der Waals surface area contributed by atoms with Crippen LogP contribution in [0.2, 0.25) is 0 Å². The van der Waals surface area contributed by atoms with Gasteiger partial charge in [-0.25, -0.2) is 19.6 Å². The van der Waals surface area contributed by atoms with Crippen molar-refractivity contribution in [2.45, 2.75) is 13.0 Å². The van der Waals surface area contributed by atoms with Crippen LogP contribution >= 0.6 is 11.8 Å². The predicted octanol–water partition coefficient (Wildman–Crippen LogP) is 0.780. The van der Waals surface area contributed by atoms with Gasteiger partial charge in [-0.15, -0.1) is 0 Å². The zero-order chi connectivity index (χ0) is 9.23. The second-order valence-corrected chi connectivity index (χ2v) is 3.27. The average molecular weight is 186 g/mol. The van der Waals surface area contributed by atoms with E-state index in [2.05, 4.69) is 9.98 Å². The smallest absolute Gasteiger partial charge is 0.211 e. The molecule has 0 rings (SSSR count). The van der Waals surface area contributed by atoms with Crippen LogP contribution in [0.4, 0.5) is 0 Å². The molecule has 66 valence electrons. The third-order valence-electron chi connectivity index (χ3n) is 1.04. The Labute approximate surface area is 75.2 Å². The molecule has 0 saturated heterocycles. The van der Waals surface area contributed by atoms with Gasteiger partial charge in [-0.1, -0.05) is 0 Å². The van der Waals surface area contributed by atoms with Crippen molar-refractivity contribution >= 4 is 23.9 Å². The zero-order valence-corrected chi connectivity index (χ0v) is 7.63. The molecule has 0 heterocycles. The first-order chi connectivity index (χ1) is 5.81. The molecule has 0 aromatic heterocycles. The Morgan fingerprint density at radius 2 is 2.17 bits per heavy atom. The van der Waals surface area contributed by atoms with E-state index in [0.717, 1.165) is 11.5 Å². The number of hydrogen-bond acceptors (Lipinski definition) is 5. The van der Waals surface area contributed by atoms with E-state index in [0.29, 0.717) is 6.54 Å². The number of aliphatic imine (C=N–C) groups is 2. The molecule has 0 spiro atoms. The molecule has 0 amide bonds. The summed E-state index contributed by atoms with van der Waals surface area (Å²) in [6.45, 7) is 2.31. The molecule has 1 atom stereocenters. The maximum Gasteiger partial charge on any atom is 0.235 e. The van der Waals surface area contributed by atoms with Gasteiger partial charge < -0.3 is 0 Å². The third-order valence-corrected chi connectivity index (χ3v) is 2.23. The molecule has 0 aromatic rings. The van der Waals surface area contributed by atoms with Crippen molar-refractivity contribution in [3.8, 4) is 0 Å². The van der Waals surface area contributed by atoms with E-state index >= 15 is 0 Å². The minimum Gasteiger partial charge on any atom is -0.211 e. The molecule has 0 bridgehead atoms. The molecule has 0 saturated carbocycles. The topological polar surface area (TPSA) is 58.9 Å². The summed E-state index contributed by atoms with van der Waals surface area (Å²) >= 11 is 1.60. The molecule has 0 fully saturated rings. The molecule has 12 heavy (non-hydrogen) atoms. The number of thioether (sulfide) groups is 1. The Hall–Kier alpha value is -0.890. The molecular weight excluding hydrogens is 176 g/mol. The maximum atomic E-state index is 9.78. The van der Waals surface area contributed by atoms with E-state index in [-0.39, 0.29) is 6.04 Å². The minimum atomic E-state index is -0.00675. The molecule has 4 nitrogen and oxygen atoms in total. The van der Waals surface area contributed by atoms with Crippen LogP contribution < -0.4 is 0 Å². The standard InChI is InChI=1S/C7H10N2O2S/c1-7(9-6-11)4-12-3-2-8-5-10/h7H,2-4H2,1H3. The van der Waals surface area contributed by atoms with Crippen molar-refractivity contribution < 1.29 is 9.59 Å². The van der Waals surface area contributed by atoms with Crippen molar-refractivity contribution in [2.75, 3.05) is 18.1 Å². The highest BCUT2D eigenvalue weighted by molar-refractivity contribution is 7.99. The molecule has 5 heteroatoms. The summed E-state index contributed by atoms with van der Waals surface area (Å²) in [4.78, 5) is 26.3. The summed E-state index contributed by atoms with van der Waals surface area (Å²) in [6.07, 6.45) is 2.95. The maximum absolute atomic E-state index is 9.78. The second-order valence-electron chi connectivity index (χ2n) is 2.12. The predicted molar refractivity (Wildman–Crippen MR) is 47.9 cm³/mol. The zero-order valence-electron chi connectivity index (χ0n) is 6.82. The Balaban J connectivity index is 3.30. The van der Waals surface area contributed by atoms with Gasteiger partial charge in [0.2, 0.25) is 12.2 Å². The highest BCUT2D eigenvalue weighted by Crippen LogP contribution is 2.04. The van der Waals surface area contributed by atoms with Crippen LogP contribution in [0.25, 0.3) is 0 Å². The number of isocyanates is 2. The van der Waals surface area contributed by atoms with Crippen molar-refractivity contribution in [3.05, 3.63) is 0 Å².